The number of hydrogen-bond donors (Lipinski definition) is 0. The van der Waals surface area contributed by atoms with Crippen LogP contribution in [0.4, 0.5) is 0 Å². The first-order valence-corrected chi connectivity index (χ1v) is 4.60. The molecule has 0 fully saturated rings. The van der Waals surface area contributed by atoms with E-state index < -0.39 is 6.10 Å². The van der Waals surface area contributed by atoms with Crippen LogP contribution in [0.1, 0.15) is 12.7 Å². The molecule has 1 aliphatic heterocycles. The van der Waals surface area contributed by atoms with E-state index in [9.17, 15) is 9.59 Å². The van der Waals surface area contributed by atoms with Crippen molar-refractivity contribution < 1.29 is 18.7 Å². The Morgan fingerprint density at radius 2 is 2.33 bits per heavy atom. The molecular formula is C11H10O4. The summed E-state index contributed by atoms with van der Waals surface area (Å²) in [6, 6.07) is 3.52. The molecule has 4 heteroatoms. The van der Waals surface area contributed by atoms with Gasteiger partial charge >= 0.3 is 0 Å². The van der Waals surface area contributed by atoms with Crippen LogP contribution in [0, 0.1) is 0 Å². The van der Waals surface area contributed by atoms with E-state index in [1.54, 1.807) is 18.4 Å². The maximum Gasteiger partial charge on any atom is 0.217 e. The molecule has 2 heterocycles. The van der Waals surface area contributed by atoms with Gasteiger partial charge in [0.25, 0.3) is 0 Å². The van der Waals surface area contributed by atoms with Crippen LogP contribution < -0.4 is 0 Å². The zero-order chi connectivity index (χ0) is 10.8. The lowest BCUT2D eigenvalue weighted by Gasteiger charge is -2.03. The summed E-state index contributed by atoms with van der Waals surface area (Å²) in [5.41, 5.74) is 0.477. The molecule has 0 spiro atoms. The molecule has 0 bridgehead atoms. The Balaban J connectivity index is 2.07. The van der Waals surface area contributed by atoms with E-state index in [0.717, 1.165) is 0 Å². The molecule has 1 aromatic heterocycles. The van der Waals surface area contributed by atoms with Gasteiger partial charge in [-0.2, -0.15) is 0 Å². The van der Waals surface area contributed by atoms with E-state index in [-0.39, 0.29) is 11.6 Å². The molecule has 0 aromatic carbocycles. The van der Waals surface area contributed by atoms with Gasteiger partial charge < -0.3 is 9.15 Å². The van der Waals surface area contributed by atoms with Crippen molar-refractivity contribution in [1.82, 2.24) is 0 Å². The van der Waals surface area contributed by atoms with Gasteiger partial charge in [0.1, 0.15) is 5.76 Å². The third kappa shape index (κ3) is 1.83. The molecule has 2 rings (SSSR count). The Morgan fingerprint density at radius 3 is 2.87 bits per heavy atom. The van der Waals surface area contributed by atoms with Gasteiger partial charge in [0.05, 0.1) is 12.5 Å². The van der Waals surface area contributed by atoms with Gasteiger partial charge in [-0.25, -0.2) is 0 Å². The summed E-state index contributed by atoms with van der Waals surface area (Å²) >= 11 is 0. The third-order valence-electron chi connectivity index (χ3n) is 2.22. The van der Waals surface area contributed by atoms with Crippen LogP contribution in [0.5, 0.6) is 0 Å². The molecule has 1 aliphatic rings. The molecule has 0 aliphatic carbocycles. The highest BCUT2D eigenvalue weighted by Crippen LogP contribution is 2.19. The van der Waals surface area contributed by atoms with Crippen LogP contribution in [-0.4, -0.2) is 17.7 Å². The fourth-order valence-corrected chi connectivity index (χ4v) is 1.45. The Labute approximate surface area is 86.5 Å². The number of Topliss-reactive ketones (excluding diaryl/α,β-unsaturated/α-hetero) is 2. The number of carbonyl (C=O) groups excluding carboxylic acids is 2. The second kappa shape index (κ2) is 3.73. The van der Waals surface area contributed by atoms with Crippen LogP contribution >= 0.6 is 0 Å². The SMILES string of the molecule is CC(=O)C1OC=C(Cc2ccco2)C1=O. The molecule has 1 unspecified atom stereocenters. The standard InChI is InChI=1S/C11H10O4/c1-7(12)11-10(13)8(6-15-11)5-9-3-2-4-14-9/h2-4,6,11H,5H2,1H3. The first kappa shape index (κ1) is 9.71. The van der Waals surface area contributed by atoms with Crippen molar-refractivity contribution in [3.8, 4) is 0 Å². The molecule has 0 N–H and O–H groups in total. The molecule has 1 aromatic rings. The molecule has 0 saturated carbocycles. The zero-order valence-electron chi connectivity index (χ0n) is 8.23. The number of ether oxygens (including phenoxy) is 1. The number of carbonyl (C=O) groups is 2. The van der Waals surface area contributed by atoms with Gasteiger partial charge in [-0.15, -0.1) is 0 Å². The van der Waals surface area contributed by atoms with Crippen molar-refractivity contribution in [3.63, 3.8) is 0 Å². The molecule has 15 heavy (non-hydrogen) atoms. The Bertz CT molecular complexity index is 414. The van der Waals surface area contributed by atoms with Crippen molar-refractivity contribution in [2.75, 3.05) is 0 Å². The zero-order valence-corrected chi connectivity index (χ0v) is 8.23. The van der Waals surface area contributed by atoms with Gasteiger partial charge in [-0.05, 0) is 19.1 Å². The predicted octanol–water partition coefficient (Wildman–Crippen LogP) is 1.26. The minimum Gasteiger partial charge on any atom is -0.482 e. The molecule has 78 valence electrons. The van der Waals surface area contributed by atoms with E-state index in [0.29, 0.717) is 17.8 Å². The summed E-state index contributed by atoms with van der Waals surface area (Å²) in [5, 5.41) is 0. The number of ketones is 2. The van der Waals surface area contributed by atoms with Gasteiger partial charge in [0.2, 0.25) is 11.9 Å². The molecule has 0 saturated heterocycles. The maximum atomic E-state index is 11.6. The number of furan rings is 1. The summed E-state index contributed by atoms with van der Waals surface area (Å²) < 4.78 is 10.1. The monoisotopic (exact) mass is 206 g/mol. The van der Waals surface area contributed by atoms with Crippen LogP contribution in [0.15, 0.2) is 34.6 Å². The summed E-state index contributed by atoms with van der Waals surface area (Å²) in [6.45, 7) is 1.34. The first-order valence-electron chi connectivity index (χ1n) is 4.60. The van der Waals surface area contributed by atoms with E-state index in [4.69, 9.17) is 9.15 Å². The summed E-state index contributed by atoms with van der Waals surface area (Å²) in [6.07, 6.45) is 2.31. The van der Waals surface area contributed by atoms with Crippen molar-refractivity contribution in [3.05, 3.63) is 36.0 Å². The van der Waals surface area contributed by atoms with Crippen LogP contribution in [0.3, 0.4) is 0 Å². The summed E-state index contributed by atoms with van der Waals surface area (Å²) in [7, 11) is 0. The molecule has 4 nitrogen and oxygen atoms in total. The fourth-order valence-electron chi connectivity index (χ4n) is 1.45. The average molecular weight is 206 g/mol. The lowest BCUT2D eigenvalue weighted by atomic mass is 10.0. The highest BCUT2D eigenvalue weighted by Gasteiger charge is 2.32. The molecular weight excluding hydrogens is 196 g/mol. The number of hydrogen-bond acceptors (Lipinski definition) is 4. The topological polar surface area (TPSA) is 56.5 Å². The van der Waals surface area contributed by atoms with E-state index in [1.165, 1.54) is 13.2 Å². The Kier molecular flexibility index (Phi) is 2.41. The molecule has 0 radical (unpaired) electrons. The average Bonchev–Trinajstić information content (AvgIpc) is 2.78. The van der Waals surface area contributed by atoms with Crippen LogP contribution in [0.25, 0.3) is 0 Å². The maximum absolute atomic E-state index is 11.6. The quantitative estimate of drug-likeness (QED) is 0.698. The largest absolute Gasteiger partial charge is 0.482 e. The van der Waals surface area contributed by atoms with Gasteiger partial charge in [0, 0.05) is 12.0 Å². The van der Waals surface area contributed by atoms with E-state index in [2.05, 4.69) is 0 Å². The molecule has 0 amide bonds. The number of rotatable bonds is 3. The highest BCUT2D eigenvalue weighted by molar-refractivity contribution is 6.13. The van der Waals surface area contributed by atoms with Crippen LogP contribution in [-0.2, 0) is 20.7 Å². The molecule has 1 atom stereocenters. The normalized spacial score (nSPS) is 19.9. The third-order valence-corrected chi connectivity index (χ3v) is 2.22. The van der Waals surface area contributed by atoms with Gasteiger partial charge in [-0.3, -0.25) is 9.59 Å². The van der Waals surface area contributed by atoms with E-state index in [1.807, 2.05) is 0 Å². The minimum atomic E-state index is -0.949. The summed E-state index contributed by atoms with van der Waals surface area (Å²) in [4.78, 5) is 22.6. The smallest absolute Gasteiger partial charge is 0.217 e. The summed E-state index contributed by atoms with van der Waals surface area (Å²) in [5.74, 6) is 0.145. The van der Waals surface area contributed by atoms with Crippen LogP contribution in [0.2, 0.25) is 0 Å². The lowest BCUT2D eigenvalue weighted by molar-refractivity contribution is -0.133. The minimum absolute atomic E-state index is 0.265. The Morgan fingerprint density at radius 1 is 1.53 bits per heavy atom. The highest BCUT2D eigenvalue weighted by atomic mass is 16.5. The fraction of sp³-hybridized carbons (Fsp3) is 0.273. The van der Waals surface area contributed by atoms with Gasteiger partial charge in [-0.1, -0.05) is 0 Å². The van der Waals surface area contributed by atoms with Gasteiger partial charge in [0.15, 0.2) is 5.78 Å². The van der Waals surface area contributed by atoms with Crippen molar-refractivity contribution >= 4 is 11.6 Å². The second-order valence-corrected chi connectivity index (χ2v) is 3.39. The van der Waals surface area contributed by atoms with Crippen molar-refractivity contribution in [2.24, 2.45) is 0 Å². The second-order valence-electron chi connectivity index (χ2n) is 3.39. The first-order chi connectivity index (χ1) is 7.18. The van der Waals surface area contributed by atoms with Crippen molar-refractivity contribution in [2.45, 2.75) is 19.4 Å². The predicted molar refractivity (Wildman–Crippen MR) is 51.1 cm³/mol. The Hall–Kier alpha value is -1.84. The lowest BCUT2D eigenvalue weighted by Crippen LogP contribution is -2.26. The van der Waals surface area contributed by atoms with E-state index >= 15 is 0 Å². The van der Waals surface area contributed by atoms with Crippen molar-refractivity contribution in [1.29, 1.82) is 0 Å².